The highest BCUT2D eigenvalue weighted by atomic mass is 16.6. The molecule has 0 unspecified atom stereocenters. The van der Waals surface area contributed by atoms with Gasteiger partial charge >= 0.3 is 0 Å². The first-order chi connectivity index (χ1) is 14.0. The van der Waals surface area contributed by atoms with Gasteiger partial charge in [0, 0.05) is 0 Å². The first-order valence-corrected chi connectivity index (χ1v) is 9.99. The number of quaternary nitrogens is 1. The van der Waals surface area contributed by atoms with E-state index in [0.717, 1.165) is 32.4 Å². The van der Waals surface area contributed by atoms with E-state index in [1.807, 2.05) is 13.0 Å². The van der Waals surface area contributed by atoms with Crippen LogP contribution in [0.2, 0.25) is 0 Å². The number of rotatable bonds is 7. The van der Waals surface area contributed by atoms with Crippen LogP contribution in [-0.4, -0.2) is 37.1 Å². The lowest BCUT2D eigenvalue weighted by atomic mass is 9.89. The summed E-state index contributed by atoms with van der Waals surface area (Å²) in [6.45, 7) is 3.74. The molecule has 2 aromatic carbocycles. The highest BCUT2D eigenvalue weighted by molar-refractivity contribution is 5.95. The first-order valence-electron chi connectivity index (χ1n) is 9.99. The standard InChI is InChI=1S/C22H27N3O4/c1-16(22(26)23-20-9-8-19(29-2)15-21(20)25(27)28)24-12-10-18(11-13-24)14-17-6-4-3-5-7-17/h3-9,15-16,18H,10-14H2,1-2H3,(H,23,26)/p+1/t16-/m0/s1. The number of anilines is 1. The summed E-state index contributed by atoms with van der Waals surface area (Å²) in [7, 11) is 1.45. The number of ether oxygens (including phenoxy) is 1. The number of amides is 1. The van der Waals surface area contributed by atoms with E-state index < -0.39 is 4.92 Å². The Bertz CT molecular complexity index is 848. The van der Waals surface area contributed by atoms with E-state index in [-0.39, 0.29) is 23.3 Å². The lowest BCUT2D eigenvalue weighted by molar-refractivity contribution is -0.919. The van der Waals surface area contributed by atoms with E-state index >= 15 is 0 Å². The molecule has 1 atom stereocenters. The van der Waals surface area contributed by atoms with Crippen molar-refractivity contribution in [3.05, 3.63) is 64.2 Å². The van der Waals surface area contributed by atoms with Crippen LogP contribution in [0.15, 0.2) is 48.5 Å². The van der Waals surface area contributed by atoms with Gasteiger partial charge in [0.15, 0.2) is 6.04 Å². The lowest BCUT2D eigenvalue weighted by Gasteiger charge is -2.32. The topological polar surface area (TPSA) is 85.9 Å². The number of likely N-dealkylation sites (tertiary alicyclic amines) is 1. The maximum absolute atomic E-state index is 12.7. The Morgan fingerprint density at radius 3 is 2.55 bits per heavy atom. The predicted molar refractivity (Wildman–Crippen MR) is 111 cm³/mol. The molecule has 1 aliphatic heterocycles. The van der Waals surface area contributed by atoms with Crippen molar-refractivity contribution >= 4 is 17.3 Å². The van der Waals surface area contributed by atoms with E-state index in [1.165, 1.54) is 29.7 Å². The average Bonchev–Trinajstić information content (AvgIpc) is 2.74. The minimum atomic E-state index is -0.509. The van der Waals surface area contributed by atoms with Crippen molar-refractivity contribution in [1.82, 2.24) is 0 Å². The summed E-state index contributed by atoms with van der Waals surface area (Å²) in [6, 6.07) is 14.7. The molecule has 2 aromatic rings. The van der Waals surface area contributed by atoms with Crippen LogP contribution in [-0.2, 0) is 11.2 Å². The lowest BCUT2D eigenvalue weighted by Crippen LogP contribution is -3.17. The molecule has 0 bridgehead atoms. The number of piperidine rings is 1. The molecular formula is C22H28N3O4+. The summed E-state index contributed by atoms with van der Waals surface area (Å²) in [4.78, 5) is 24.8. The Morgan fingerprint density at radius 1 is 1.24 bits per heavy atom. The zero-order valence-electron chi connectivity index (χ0n) is 16.9. The zero-order chi connectivity index (χ0) is 20.8. The van der Waals surface area contributed by atoms with Gasteiger partial charge in [-0.15, -0.1) is 0 Å². The Hall–Kier alpha value is -2.93. The molecule has 0 radical (unpaired) electrons. The van der Waals surface area contributed by atoms with Crippen LogP contribution < -0.4 is 15.0 Å². The number of carbonyl (C=O) groups is 1. The van der Waals surface area contributed by atoms with Crippen molar-refractivity contribution in [2.45, 2.75) is 32.2 Å². The molecule has 3 rings (SSSR count). The summed E-state index contributed by atoms with van der Waals surface area (Å²) in [6.07, 6.45) is 3.22. The molecule has 154 valence electrons. The fourth-order valence-corrected chi connectivity index (χ4v) is 3.95. The number of methoxy groups -OCH3 is 1. The molecule has 0 spiro atoms. The van der Waals surface area contributed by atoms with Gasteiger partial charge in [0.05, 0.1) is 31.2 Å². The Balaban J connectivity index is 1.57. The van der Waals surface area contributed by atoms with Gasteiger partial charge in [-0.1, -0.05) is 30.3 Å². The van der Waals surface area contributed by atoms with Crippen LogP contribution in [0.4, 0.5) is 11.4 Å². The smallest absolute Gasteiger partial charge is 0.296 e. The van der Waals surface area contributed by atoms with Crippen molar-refractivity contribution < 1.29 is 19.4 Å². The molecule has 29 heavy (non-hydrogen) atoms. The Labute approximate surface area is 170 Å². The zero-order valence-corrected chi connectivity index (χ0v) is 16.9. The van der Waals surface area contributed by atoms with Gasteiger partial charge in [-0.2, -0.15) is 0 Å². The molecule has 7 nitrogen and oxygen atoms in total. The normalized spacial score (nSPS) is 19.9. The highest BCUT2D eigenvalue weighted by Crippen LogP contribution is 2.29. The van der Waals surface area contributed by atoms with E-state index in [0.29, 0.717) is 11.7 Å². The van der Waals surface area contributed by atoms with Gasteiger partial charge in [-0.05, 0) is 49.8 Å². The minimum absolute atomic E-state index is 0.165. The highest BCUT2D eigenvalue weighted by Gasteiger charge is 2.31. The van der Waals surface area contributed by atoms with Gasteiger partial charge in [0.2, 0.25) is 0 Å². The van der Waals surface area contributed by atoms with Crippen molar-refractivity contribution in [3.8, 4) is 5.75 Å². The Kier molecular flexibility index (Phi) is 6.82. The Morgan fingerprint density at radius 2 is 1.93 bits per heavy atom. The number of benzene rings is 2. The van der Waals surface area contributed by atoms with Crippen molar-refractivity contribution in [2.75, 3.05) is 25.5 Å². The third kappa shape index (κ3) is 5.32. The third-order valence-electron chi connectivity index (χ3n) is 5.78. The van der Waals surface area contributed by atoms with Crippen molar-refractivity contribution in [2.24, 2.45) is 5.92 Å². The maximum atomic E-state index is 12.7. The molecule has 7 heteroatoms. The first kappa shape index (κ1) is 20.8. The van der Waals surface area contributed by atoms with Gasteiger partial charge in [0.1, 0.15) is 11.4 Å². The molecule has 1 aliphatic rings. The molecule has 1 fully saturated rings. The maximum Gasteiger partial charge on any atom is 0.296 e. The minimum Gasteiger partial charge on any atom is -0.496 e. The van der Waals surface area contributed by atoms with Crippen LogP contribution in [0, 0.1) is 16.0 Å². The largest absolute Gasteiger partial charge is 0.496 e. The van der Waals surface area contributed by atoms with Crippen LogP contribution in [0.5, 0.6) is 5.75 Å². The predicted octanol–water partition coefficient (Wildman–Crippen LogP) is 2.47. The van der Waals surface area contributed by atoms with Crippen LogP contribution >= 0.6 is 0 Å². The van der Waals surface area contributed by atoms with Crippen molar-refractivity contribution in [3.63, 3.8) is 0 Å². The number of nitrogens with zero attached hydrogens (tertiary/aromatic N) is 1. The number of nitro benzene ring substituents is 1. The second-order valence-electron chi connectivity index (χ2n) is 7.64. The fraction of sp³-hybridized carbons (Fsp3) is 0.409. The van der Waals surface area contributed by atoms with Gasteiger partial charge in [-0.3, -0.25) is 14.9 Å². The number of nitro groups is 1. The fourth-order valence-electron chi connectivity index (χ4n) is 3.95. The number of nitrogens with one attached hydrogen (secondary N) is 2. The third-order valence-corrected chi connectivity index (χ3v) is 5.78. The quantitative estimate of drug-likeness (QED) is 0.554. The monoisotopic (exact) mass is 398 g/mol. The number of hydrogen-bond donors (Lipinski definition) is 2. The van der Waals surface area contributed by atoms with Crippen LogP contribution in [0.1, 0.15) is 25.3 Å². The van der Waals surface area contributed by atoms with E-state index in [2.05, 4.69) is 29.6 Å². The van der Waals surface area contributed by atoms with E-state index in [1.54, 1.807) is 6.07 Å². The molecule has 0 saturated carbocycles. The second-order valence-corrected chi connectivity index (χ2v) is 7.64. The number of carbonyl (C=O) groups excluding carboxylic acids is 1. The summed E-state index contributed by atoms with van der Waals surface area (Å²) in [5.41, 5.74) is 1.39. The van der Waals surface area contributed by atoms with Gasteiger partial charge < -0.3 is 15.0 Å². The molecule has 1 amide bonds. The van der Waals surface area contributed by atoms with Crippen LogP contribution in [0.25, 0.3) is 0 Å². The number of hydrogen-bond acceptors (Lipinski definition) is 4. The van der Waals surface area contributed by atoms with Crippen LogP contribution in [0.3, 0.4) is 0 Å². The second kappa shape index (κ2) is 9.52. The van der Waals surface area contributed by atoms with E-state index in [4.69, 9.17) is 4.74 Å². The molecule has 2 N–H and O–H groups in total. The summed E-state index contributed by atoms with van der Waals surface area (Å²) < 4.78 is 5.04. The molecular weight excluding hydrogens is 370 g/mol. The summed E-state index contributed by atoms with van der Waals surface area (Å²) in [5, 5.41) is 14.1. The van der Waals surface area contributed by atoms with Gasteiger partial charge in [-0.25, -0.2) is 0 Å². The molecule has 0 aliphatic carbocycles. The summed E-state index contributed by atoms with van der Waals surface area (Å²) >= 11 is 0. The molecule has 0 aromatic heterocycles. The average molecular weight is 398 g/mol. The van der Waals surface area contributed by atoms with Gasteiger partial charge in [0.25, 0.3) is 11.6 Å². The van der Waals surface area contributed by atoms with Crippen molar-refractivity contribution in [1.29, 1.82) is 0 Å². The SMILES string of the molecule is COc1ccc(NC(=O)[C@H](C)[NH+]2CCC(Cc3ccccc3)CC2)c([N+](=O)[O-])c1. The molecule has 1 heterocycles. The summed E-state index contributed by atoms with van der Waals surface area (Å²) in [5.74, 6) is 0.822. The van der Waals surface area contributed by atoms with E-state index in [9.17, 15) is 14.9 Å². The molecule has 1 saturated heterocycles.